The maximum atomic E-state index is 11.7. The van der Waals surface area contributed by atoms with Crippen molar-refractivity contribution in [3.05, 3.63) is 29.8 Å². The number of methoxy groups -OCH3 is 1. The van der Waals surface area contributed by atoms with Crippen LogP contribution in [0.25, 0.3) is 0 Å². The summed E-state index contributed by atoms with van der Waals surface area (Å²) in [6.07, 6.45) is -0.469. The standard InChI is InChI=1S/C14H22N2O3.ClH/c1-11(14(17)16-8-7-15-2)19-10-12-5-4-6-13(9-12)18-3;/h4-6,9,11,15H,7-8,10H2,1-3H3,(H,16,17);1H. The van der Waals surface area contributed by atoms with Crippen molar-refractivity contribution in [2.24, 2.45) is 0 Å². The van der Waals surface area contributed by atoms with E-state index in [-0.39, 0.29) is 18.3 Å². The lowest BCUT2D eigenvalue weighted by Gasteiger charge is -2.13. The van der Waals surface area contributed by atoms with Gasteiger partial charge in [0.2, 0.25) is 5.91 Å². The van der Waals surface area contributed by atoms with E-state index in [9.17, 15) is 4.79 Å². The van der Waals surface area contributed by atoms with Crippen molar-refractivity contribution in [1.82, 2.24) is 10.6 Å². The molecule has 0 aliphatic rings. The van der Waals surface area contributed by atoms with Crippen LogP contribution < -0.4 is 15.4 Å². The number of likely N-dealkylation sites (N-methyl/N-ethyl adjacent to an activating group) is 1. The van der Waals surface area contributed by atoms with Crippen LogP contribution in [-0.4, -0.2) is 39.3 Å². The third kappa shape index (κ3) is 6.75. The SMILES string of the molecule is CNCCNC(=O)C(C)OCc1cccc(OC)c1.Cl. The Morgan fingerprint density at radius 3 is 2.75 bits per heavy atom. The van der Waals surface area contributed by atoms with Crippen LogP contribution in [0.4, 0.5) is 0 Å². The number of nitrogens with one attached hydrogen (secondary N) is 2. The van der Waals surface area contributed by atoms with Gasteiger partial charge in [-0.1, -0.05) is 12.1 Å². The predicted molar refractivity (Wildman–Crippen MR) is 81.4 cm³/mol. The van der Waals surface area contributed by atoms with Crippen LogP contribution in [0.5, 0.6) is 5.75 Å². The lowest BCUT2D eigenvalue weighted by molar-refractivity contribution is -0.132. The number of ether oxygens (including phenoxy) is 2. The molecule has 0 spiro atoms. The van der Waals surface area contributed by atoms with Crippen molar-refractivity contribution < 1.29 is 14.3 Å². The van der Waals surface area contributed by atoms with Gasteiger partial charge in [0.15, 0.2) is 0 Å². The van der Waals surface area contributed by atoms with Crippen LogP contribution >= 0.6 is 12.4 Å². The minimum Gasteiger partial charge on any atom is -0.497 e. The minimum absolute atomic E-state index is 0. The smallest absolute Gasteiger partial charge is 0.248 e. The molecule has 1 unspecified atom stereocenters. The number of hydrogen-bond donors (Lipinski definition) is 2. The molecule has 0 aliphatic heterocycles. The fourth-order valence-corrected chi connectivity index (χ4v) is 1.51. The van der Waals surface area contributed by atoms with Gasteiger partial charge >= 0.3 is 0 Å². The molecule has 0 aliphatic carbocycles. The fourth-order valence-electron chi connectivity index (χ4n) is 1.51. The van der Waals surface area contributed by atoms with E-state index in [1.807, 2.05) is 31.3 Å². The molecule has 6 heteroatoms. The summed E-state index contributed by atoms with van der Waals surface area (Å²) in [7, 11) is 3.46. The molecule has 114 valence electrons. The van der Waals surface area contributed by atoms with Gasteiger partial charge in [-0.15, -0.1) is 12.4 Å². The second kappa shape index (κ2) is 10.5. The van der Waals surface area contributed by atoms with E-state index < -0.39 is 6.10 Å². The van der Waals surface area contributed by atoms with Crippen molar-refractivity contribution in [2.75, 3.05) is 27.2 Å². The van der Waals surface area contributed by atoms with Crippen LogP contribution in [0.2, 0.25) is 0 Å². The maximum Gasteiger partial charge on any atom is 0.248 e. The monoisotopic (exact) mass is 302 g/mol. The first-order valence-corrected chi connectivity index (χ1v) is 6.34. The van der Waals surface area contributed by atoms with Crippen molar-refractivity contribution in [1.29, 1.82) is 0 Å². The van der Waals surface area contributed by atoms with Gasteiger partial charge in [-0.3, -0.25) is 4.79 Å². The molecule has 1 aromatic rings. The molecule has 1 amide bonds. The average Bonchev–Trinajstić information content (AvgIpc) is 2.45. The third-order valence-electron chi connectivity index (χ3n) is 2.68. The Kier molecular flexibility index (Phi) is 9.80. The quantitative estimate of drug-likeness (QED) is 0.712. The highest BCUT2D eigenvalue weighted by molar-refractivity contribution is 5.85. The van der Waals surface area contributed by atoms with Gasteiger partial charge in [0.25, 0.3) is 0 Å². The highest BCUT2D eigenvalue weighted by atomic mass is 35.5. The number of halogens is 1. The molecule has 0 fully saturated rings. The van der Waals surface area contributed by atoms with Crippen LogP contribution in [0.15, 0.2) is 24.3 Å². The van der Waals surface area contributed by atoms with E-state index in [1.54, 1.807) is 14.0 Å². The summed E-state index contributed by atoms with van der Waals surface area (Å²) in [5.74, 6) is 0.686. The molecular weight excluding hydrogens is 280 g/mol. The molecule has 2 N–H and O–H groups in total. The normalized spacial score (nSPS) is 11.3. The molecule has 1 rings (SSSR count). The number of carbonyl (C=O) groups is 1. The van der Waals surface area contributed by atoms with Crippen molar-refractivity contribution in [3.8, 4) is 5.75 Å². The molecule has 20 heavy (non-hydrogen) atoms. The second-order valence-electron chi connectivity index (χ2n) is 4.20. The number of amides is 1. The summed E-state index contributed by atoms with van der Waals surface area (Å²) >= 11 is 0. The molecule has 1 atom stereocenters. The zero-order valence-corrected chi connectivity index (χ0v) is 13.0. The Bertz CT molecular complexity index is 402. The van der Waals surface area contributed by atoms with E-state index in [2.05, 4.69) is 10.6 Å². The molecule has 0 heterocycles. The predicted octanol–water partition coefficient (Wildman–Crippen LogP) is 1.36. The van der Waals surface area contributed by atoms with Gasteiger partial charge in [-0.25, -0.2) is 0 Å². The lowest BCUT2D eigenvalue weighted by atomic mass is 10.2. The topological polar surface area (TPSA) is 59.6 Å². The molecular formula is C14H23ClN2O3. The van der Waals surface area contributed by atoms with E-state index in [1.165, 1.54) is 0 Å². The highest BCUT2D eigenvalue weighted by Crippen LogP contribution is 2.13. The first kappa shape index (κ1) is 18.7. The minimum atomic E-state index is -0.469. The molecule has 0 saturated carbocycles. The number of hydrogen-bond acceptors (Lipinski definition) is 4. The van der Waals surface area contributed by atoms with Gasteiger partial charge in [0, 0.05) is 13.1 Å². The lowest BCUT2D eigenvalue weighted by Crippen LogP contribution is -2.37. The van der Waals surface area contributed by atoms with Crippen molar-refractivity contribution >= 4 is 18.3 Å². The first-order chi connectivity index (χ1) is 9.17. The van der Waals surface area contributed by atoms with Crippen LogP contribution in [0, 0.1) is 0 Å². The number of benzene rings is 1. The largest absolute Gasteiger partial charge is 0.497 e. The molecule has 0 radical (unpaired) electrons. The molecule has 0 saturated heterocycles. The Hall–Kier alpha value is -1.30. The van der Waals surface area contributed by atoms with Crippen LogP contribution in [0.1, 0.15) is 12.5 Å². The summed E-state index contributed by atoms with van der Waals surface area (Å²) in [5.41, 5.74) is 0.981. The van der Waals surface area contributed by atoms with Gasteiger partial charge in [0.1, 0.15) is 11.9 Å². The van der Waals surface area contributed by atoms with Gasteiger partial charge in [-0.2, -0.15) is 0 Å². The fraction of sp³-hybridized carbons (Fsp3) is 0.500. The number of carbonyl (C=O) groups excluding carboxylic acids is 1. The van der Waals surface area contributed by atoms with Crippen molar-refractivity contribution in [2.45, 2.75) is 19.6 Å². The van der Waals surface area contributed by atoms with Crippen molar-refractivity contribution in [3.63, 3.8) is 0 Å². The van der Waals surface area contributed by atoms with E-state index in [4.69, 9.17) is 9.47 Å². The zero-order valence-electron chi connectivity index (χ0n) is 12.1. The summed E-state index contributed by atoms with van der Waals surface area (Å²) in [6, 6.07) is 7.60. The van der Waals surface area contributed by atoms with Gasteiger partial charge < -0.3 is 20.1 Å². The van der Waals surface area contributed by atoms with Crippen LogP contribution in [0.3, 0.4) is 0 Å². The van der Waals surface area contributed by atoms with Gasteiger partial charge in [0.05, 0.1) is 13.7 Å². The number of rotatable bonds is 8. The highest BCUT2D eigenvalue weighted by Gasteiger charge is 2.12. The van der Waals surface area contributed by atoms with E-state index >= 15 is 0 Å². The van der Waals surface area contributed by atoms with Gasteiger partial charge in [-0.05, 0) is 31.7 Å². The summed E-state index contributed by atoms with van der Waals surface area (Å²) in [5, 5.41) is 5.75. The van der Waals surface area contributed by atoms with E-state index in [0.717, 1.165) is 17.9 Å². The molecule has 1 aromatic carbocycles. The van der Waals surface area contributed by atoms with E-state index in [0.29, 0.717) is 13.2 Å². The summed E-state index contributed by atoms with van der Waals surface area (Å²) in [4.78, 5) is 11.7. The Balaban J connectivity index is 0.00000361. The zero-order chi connectivity index (χ0) is 14.1. The summed E-state index contributed by atoms with van der Waals surface area (Å²) < 4.78 is 10.7. The average molecular weight is 303 g/mol. The Morgan fingerprint density at radius 1 is 1.35 bits per heavy atom. The Labute approximate surface area is 126 Å². The Morgan fingerprint density at radius 2 is 2.10 bits per heavy atom. The molecule has 0 bridgehead atoms. The third-order valence-corrected chi connectivity index (χ3v) is 2.68. The maximum absolute atomic E-state index is 11.7. The molecule has 0 aromatic heterocycles. The second-order valence-corrected chi connectivity index (χ2v) is 4.20. The van der Waals surface area contributed by atoms with Crippen LogP contribution in [-0.2, 0) is 16.1 Å². The molecule has 5 nitrogen and oxygen atoms in total. The summed E-state index contributed by atoms with van der Waals surface area (Å²) in [6.45, 7) is 3.48. The first-order valence-electron chi connectivity index (χ1n) is 6.34.